The van der Waals surface area contributed by atoms with Gasteiger partial charge in [-0.3, -0.25) is 9.59 Å². The first-order valence-corrected chi connectivity index (χ1v) is 8.15. The molecule has 3 rings (SSSR count). The first kappa shape index (κ1) is 17.2. The molecule has 25 heavy (non-hydrogen) atoms. The normalized spacial score (nSPS) is 22.4. The zero-order valence-electron chi connectivity index (χ0n) is 13.9. The summed E-state index contributed by atoms with van der Waals surface area (Å²) in [5.41, 5.74) is 1.89. The van der Waals surface area contributed by atoms with Gasteiger partial charge in [0.25, 0.3) is 0 Å². The maximum absolute atomic E-state index is 12.7. The number of hydrogen-bond acceptors (Lipinski definition) is 4. The first-order chi connectivity index (χ1) is 12.0. The number of rotatable bonds is 3. The molecule has 0 saturated carbocycles. The fourth-order valence-corrected chi connectivity index (χ4v) is 3.23. The number of carboxylic acid groups (broad SMARTS) is 1. The summed E-state index contributed by atoms with van der Waals surface area (Å²) in [5.74, 6) is -1.40. The van der Waals surface area contributed by atoms with E-state index in [1.54, 1.807) is 11.1 Å². The van der Waals surface area contributed by atoms with E-state index in [9.17, 15) is 14.4 Å². The van der Waals surface area contributed by atoms with Crippen molar-refractivity contribution in [3.63, 3.8) is 0 Å². The number of amides is 2. The quantitative estimate of drug-likeness (QED) is 0.892. The third-order valence-corrected chi connectivity index (χ3v) is 4.53. The highest BCUT2D eigenvalue weighted by molar-refractivity contribution is 5.82. The van der Waals surface area contributed by atoms with Crippen molar-refractivity contribution in [2.75, 3.05) is 19.7 Å². The molecule has 0 unspecified atom stereocenters. The molecule has 2 aliphatic rings. The second-order valence-corrected chi connectivity index (χ2v) is 6.13. The minimum atomic E-state index is -1.08. The molecular formula is C18H20N2O5. The Bertz CT molecular complexity index is 730. The Morgan fingerprint density at radius 2 is 2.04 bits per heavy atom. The molecule has 2 heterocycles. The number of benzene rings is 1. The Morgan fingerprint density at radius 3 is 2.76 bits per heavy atom. The van der Waals surface area contributed by atoms with Gasteiger partial charge >= 0.3 is 5.97 Å². The van der Waals surface area contributed by atoms with E-state index in [1.165, 1.54) is 11.8 Å². The molecule has 0 aliphatic carbocycles. The molecule has 7 heteroatoms. The van der Waals surface area contributed by atoms with Crippen LogP contribution in [0.15, 0.2) is 30.5 Å². The molecule has 2 aliphatic heterocycles. The molecule has 132 valence electrons. The van der Waals surface area contributed by atoms with Crippen molar-refractivity contribution in [2.24, 2.45) is 0 Å². The fourth-order valence-electron chi connectivity index (χ4n) is 3.23. The van der Waals surface area contributed by atoms with Crippen molar-refractivity contribution in [1.29, 1.82) is 0 Å². The molecule has 7 nitrogen and oxygen atoms in total. The molecule has 1 aromatic rings. The van der Waals surface area contributed by atoms with Crippen molar-refractivity contribution >= 4 is 23.9 Å². The molecule has 1 aromatic carbocycles. The minimum Gasteiger partial charge on any atom is -0.479 e. The summed E-state index contributed by atoms with van der Waals surface area (Å²) >= 11 is 0. The van der Waals surface area contributed by atoms with Gasteiger partial charge in [-0.1, -0.05) is 24.3 Å². The van der Waals surface area contributed by atoms with E-state index in [4.69, 9.17) is 9.84 Å². The number of carboxylic acids is 1. The molecule has 0 aromatic heterocycles. The zero-order valence-corrected chi connectivity index (χ0v) is 13.9. The summed E-state index contributed by atoms with van der Waals surface area (Å²) in [6, 6.07) is 7.24. The van der Waals surface area contributed by atoms with Gasteiger partial charge in [-0.25, -0.2) is 4.79 Å². The molecule has 0 bridgehead atoms. The largest absolute Gasteiger partial charge is 0.479 e. The number of morpholine rings is 1. The van der Waals surface area contributed by atoms with Gasteiger partial charge < -0.3 is 19.6 Å². The Balaban J connectivity index is 1.79. The predicted octanol–water partition coefficient (Wildman–Crippen LogP) is 1.26. The fraction of sp³-hybridized carbons (Fsp3) is 0.389. The zero-order chi connectivity index (χ0) is 18.0. The number of fused-ring (bicyclic) bond motifs is 1. The Hall–Kier alpha value is -2.67. The molecule has 1 saturated heterocycles. The molecule has 1 N–H and O–H groups in total. The van der Waals surface area contributed by atoms with E-state index < -0.39 is 18.1 Å². The van der Waals surface area contributed by atoms with Gasteiger partial charge in [0.05, 0.1) is 25.6 Å². The van der Waals surface area contributed by atoms with E-state index in [-0.39, 0.29) is 31.4 Å². The molecular weight excluding hydrogens is 324 g/mol. The number of ether oxygens (including phenoxy) is 1. The SMILES string of the molecule is CC(=O)N1C=Cc2ccccc2[C@@H]1CC(=O)N1CCO[C@H](C(=O)O)C1. The summed E-state index contributed by atoms with van der Waals surface area (Å²) < 4.78 is 5.16. The Labute approximate surface area is 145 Å². The number of aliphatic carboxylic acids is 1. The van der Waals surface area contributed by atoms with Crippen LogP contribution in [0.25, 0.3) is 6.08 Å². The van der Waals surface area contributed by atoms with Gasteiger partial charge in [0.2, 0.25) is 11.8 Å². The highest BCUT2D eigenvalue weighted by atomic mass is 16.5. The lowest BCUT2D eigenvalue weighted by Crippen LogP contribution is -2.49. The van der Waals surface area contributed by atoms with Crippen LogP contribution in [-0.4, -0.2) is 58.5 Å². The number of carbonyl (C=O) groups is 3. The van der Waals surface area contributed by atoms with Crippen molar-refractivity contribution in [3.8, 4) is 0 Å². The smallest absolute Gasteiger partial charge is 0.334 e. The third-order valence-electron chi connectivity index (χ3n) is 4.53. The maximum atomic E-state index is 12.7. The maximum Gasteiger partial charge on any atom is 0.334 e. The lowest BCUT2D eigenvalue weighted by Gasteiger charge is -2.35. The van der Waals surface area contributed by atoms with Crippen molar-refractivity contribution < 1.29 is 24.2 Å². The average Bonchev–Trinajstić information content (AvgIpc) is 2.61. The van der Waals surface area contributed by atoms with Crippen LogP contribution in [0.4, 0.5) is 0 Å². The highest BCUT2D eigenvalue weighted by Crippen LogP contribution is 2.33. The van der Waals surface area contributed by atoms with Crippen LogP contribution in [0.1, 0.15) is 30.5 Å². The minimum absolute atomic E-state index is 0.0262. The monoisotopic (exact) mass is 344 g/mol. The highest BCUT2D eigenvalue weighted by Gasteiger charge is 2.33. The van der Waals surface area contributed by atoms with Crippen molar-refractivity contribution in [3.05, 3.63) is 41.6 Å². The topological polar surface area (TPSA) is 87.2 Å². The van der Waals surface area contributed by atoms with Crippen LogP contribution in [-0.2, 0) is 19.1 Å². The molecule has 2 amide bonds. The van der Waals surface area contributed by atoms with Gasteiger partial charge in [-0.05, 0) is 17.2 Å². The molecule has 1 fully saturated rings. The van der Waals surface area contributed by atoms with E-state index >= 15 is 0 Å². The van der Waals surface area contributed by atoms with Crippen LogP contribution in [0, 0.1) is 0 Å². The second-order valence-electron chi connectivity index (χ2n) is 6.13. The summed E-state index contributed by atoms with van der Waals surface area (Å²) in [6.45, 7) is 2.04. The Kier molecular flexibility index (Phi) is 4.85. The van der Waals surface area contributed by atoms with E-state index in [1.807, 2.05) is 30.3 Å². The van der Waals surface area contributed by atoms with Crippen molar-refractivity contribution in [2.45, 2.75) is 25.5 Å². The van der Waals surface area contributed by atoms with Crippen LogP contribution in [0.2, 0.25) is 0 Å². The first-order valence-electron chi connectivity index (χ1n) is 8.15. The summed E-state index contributed by atoms with van der Waals surface area (Å²) in [7, 11) is 0. The summed E-state index contributed by atoms with van der Waals surface area (Å²) in [4.78, 5) is 38.8. The number of nitrogens with zero attached hydrogens (tertiary/aromatic N) is 2. The van der Waals surface area contributed by atoms with Crippen molar-refractivity contribution in [1.82, 2.24) is 9.80 Å². The molecule has 0 radical (unpaired) electrons. The van der Waals surface area contributed by atoms with Crippen LogP contribution < -0.4 is 0 Å². The van der Waals surface area contributed by atoms with Gasteiger partial charge in [0.1, 0.15) is 0 Å². The predicted molar refractivity (Wildman–Crippen MR) is 89.3 cm³/mol. The average molecular weight is 344 g/mol. The number of carbonyl (C=O) groups excluding carboxylic acids is 2. The number of hydrogen-bond donors (Lipinski definition) is 1. The Morgan fingerprint density at radius 1 is 1.28 bits per heavy atom. The van der Waals surface area contributed by atoms with Gasteiger partial charge in [-0.2, -0.15) is 0 Å². The lowest BCUT2D eigenvalue weighted by atomic mass is 9.93. The van der Waals surface area contributed by atoms with Crippen LogP contribution >= 0.6 is 0 Å². The standard InChI is InChI=1S/C18H20N2O5/c1-12(21)20-7-6-13-4-2-3-5-14(13)15(20)10-17(22)19-8-9-25-16(11-19)18(23)24/h2-7,15-16H,8-11H2,1H3,(H,23,24)/t15-,16-/m0/s1. The van der Waals surface area contributed by atoms with Gasteiger partial charge in [-0.15, -0.1) is 0 Å². The summed E-state index contributed by atoms with van der Waals surface area (Å²) in [6.07, 6.45) is 2.66. The van der Waals surface area contributed by atoms with E-state index in [0.29, 0.717) is 6.54 Å². The van der Waals surface area contributed by atoms with Gasteiger partial charge in [0.15, 0.2) is 6.10 Å². The van der Waals surface area contributed by atoms with E-state index in [0.717, 1.165) is 11.1 Å². The van der Waals surface area contributed by atoms with Gasteiger partial charge in [0, 0.05) is 19.7 Å². The lowest BCUT2D eigenvalue weighted by molar-refractivity contribution is -0.159. The third kappa shape index (κ3) is 3.56. The second kappa shape index (κ2) is 7.06. The molecule has 0 spiro atoms. The van der Waals surface area contributed by atoms with Crippen LogP contribution in [0.3, 0.4) is 0 Å². The molecule has 2 atom stereocenters. The summed E-state index contributed by atoms with van der Waals surface area (Å²) in [5, 5.41) is 9.08. The van der Waals surface area contributed by atoms with Crippen LogP contribution in [0.5, 0.6) is 0 Å². The van der Waals surface area contributed by atoms with E-state index in [2.05, 4.69) is 0 Å².